The van der Waals surface area contributed by atoms with Gasteiger partial charge in [0.25, 0.3) is 0 Å². The highest BCUT2D eigenvalue weighted by molar-refractivity contribution is 4.95. The van der Waals surface area contributed by atoms with Gasteiger partial charge in [0.1, 0.15) is 0 Å². The smallest absolute Gasteiger partial charge is 0.0966 e. The van der Waals surface area contributed by atoms with E-state index in [9.17, 15) is 0 Å². The average molecular weight is 295 g/mol. The number of rotatable bonds is 8. The Hall–Kier alpha value is -0.720. The standard InChI is InChI=1S/C20H38O/c1-15(13-19(5,6)7)11-17(3)21-18(4)12-16(2)14-20(8,9)10/h15-16H,3-4,11-14H2,1-2,5-10H3. The van der Waals surface area contributed by atoms with Crippen LogP contribution in [0.5, 0.6) is 0 Å². The fourth-order valence-electron chi connectivity index (χ4n) is 3.30. The Labute approximate surface area is 133 Å². The van der Waals surface area contributed by atoms with Crippen molar-refractivity contribution in [3.8, 4) is 0 Å². The van der Waals surface area contributed by atoms with E-state index < -0.39 is 0 Å². The first-order valence-corrected chi connectivity index (χ1v) is 8.32. The third-order valence-electron chi connectivity index (χ3n) is 3.36. The Morgan fingerprint density at radius 2 is 1.05 bits per heavy atom. The van der Waals surface area contributed by atoms with Crippen molar-refractivity contribution in [3.05, 3.63) is 24.7 Å². The van der Waals surface area contributed by atoms with Gasteiger partial charge in [-0.3, -0.25) is 0 Å². The summed E-state index contributed by atoms with van der Waals surface area (Å²) in [5.41, 5.74) is 0.718. The Balaban J connectivity index is 4.13. The van der Waals surface area contributed by atoms with Crippen LogP contribution in [-0.4, -0.2) is 0 Å². The van der Waals surface area contributed by atoms with Crippen molar-refractivity contribution >= 4 is 0 Å². The van der Waals surface area contributed by atoms with Crippen molar-refractivity contribution in [3.63, 3.8) is 0 Å². The van der Waals surface area contributed by atoms with Crippen molar-refractivity contribution in [2.45, 2.75) is 81.1 Å². The molecule has 1 nitrogen and oxygen atoms in total. The lowest BCUT2D eigenvalue weighted by Crippen LogP contribution is -2.13. The molecular formula is C20H38O. The van der Waals surface area contributed by atoms with Gasteiger partial charge in [0.15, 0.2) is 0 Å². The maximum absolute atomic E-state index is 5.83. The first-order valence-electron chi connectivity index (χ1n) is 8.32. The average Bonchev–Trinajstić information content (AvgIpc) is 2.07. The highest BCUT2D eigenvalue weighted by atomic mass is 16.5. The van der Waals surface area contributed by atoms with Crippen molar-refractivity contribution in [2.24, 2.45) is 22.7 Å². The summed E-state index contributed by atoms with van der Waals surface area (Å²) in [4.78, 5) is 0. The third-order valence-corrected chi connectivity index (χ3v) is 3.36. The maximum Gasteiger partial charge on any atom is 0.0966 e. The van der Waals surface area contributed by atoms with Gasteiger partial charge in [-0.1, -0.05) is 68.5 Å². The molecule has 0 saturated heterocycles. The molecule has 0 spiro atoms. The van der Waals surface area contributed by atoms with Crippen LogP contribution in [0.15, 0.2) is 24.7 Å². The maximum atomic E-state index is 5.83. The molecule has 0 aromatic heterocycles. The molecule has 0 saturated carbocycles. The SMILES string of the molecule is C=C(CC(C)CC(C)(C)C)OC(=C)CC(C)CC(C)(C)C. The normalized spacial score (nSPS) is 15.4. The van der Waals surface area contributed by atoms with E-state index in [1.807, 2.05) is 0 Å². The molecule has 0 aromatic carbocycles. The monoisotopic (exact) mass is 294 g/mol. The molecule has 0 N–H and O–H groups in total. The second-order valence-electron chi connectivity index (χ2n) is 9.33. The van der Waals surface area contributed by atoms with E-state index in [4.69, 9.17) is 4.74 Å². The van der Waals surface area contributed by atoms with Gasteiger partial charge in [0.05, 0.1) is 11.5 Å². The van der Waals surface area contributed by atoms with Crippen molar-refractivity contribution in [1.82, 2.24) is 0 Å². The van der Waals surface area contributed by atoms with Gasteiger partial charge in [-0.15, -0.1) is 0 Å². The highest BCUT2D eigenvalue weighted by Gasteiger charge is 2.18. The topological polar surface area (TPSA) is 9.23 Å². The molecule has 0 fully saturated rings. The van der Waals surface area contributed by atoms with Crippen LogP contribution in [0.25, 0.3) is 0 Å². The van der Waals surface area contributed by atoms with E-state index in [2.05, 4.69) is 68.5 Å². The van der Waals surface area contributed by atoms with E-state index in [-0.39, 0.29) is 0 Å². The number of hydrogen-bond donors (Lipinski definition) is 0. The summed E-state index contributed by atoms with van der Waals surface area (Å²) in [5, 5.41) is 0. The molecule has 0 aliphatic heterocycles. The van der Waals surface area contributed by atoms with Gasteiger partial charge < -0.3 is 4.74 Å². The Kier molecular flexibility index (Phi) is 7.78. The zero-order valence-electron chi connectivity index (χ0n) is 15.8. The fourth-order valence-corrected chi connectivity index (χ4v) is 3.30. The van der Waals surface area contributed by atoms with Crippen molar-refractivity contribution < 1.29 is 4.74 Å². The van der Waals surface area contributed by atoms with E-state index in [0.717, 1.165) is 24.4 Å². The minimum Gasteiger partial charge on any atom is -0.467 e. The van der Waals surface area contributed by atoms with E-state index in [0.29, 0.717) is 22.7 Å². The molecule has 0 aromatic rings. The molecule has 0 amide bonds. The van der Waals surface area contributed by atoms with Gasteiger partial charge in [-0.05, 0) is 35.5 Å². The molecule has 0 bridgehead atoms. The molecule has 0 aliphatic rings. The lowest BCUT2D eigenvalue weighted by molar-refractivity contribution is 0.221. The predicted octanol–water partition coefficient (Wildman–Crippen LogP) is 6.96. The first kappa shape index (κ1) is 20.3. The van der Waals surface area contributed by atoms with Crippen LogP contribution in [0.2, 0.25) is 0 Å². The summed E-state index contributed by atoms with van der Waals surface area (Å²) in [5.74, 6) is 2.91. The molecule has 0 heterocycles. The third kappa shape index (κ3) is 12.7. The number of allylic oxidation sites excluding steroid dienone is 2. The van der Waals surface area contributed by atoms with Crippen LogP contribution in [0.1, 0.15) is 81.1 Å². The van der Waals surface area contributed by atoms with Crippen LogP contribution in [0.3, 0.4) is 0 Å². The van der Waals surface area contributed by atoms with Gasteiger partial charge in [-0.2, -0.15) is 0 Å². The van der Waals surface area contributed by atoms with E-state index in [1.165, 1.54) is 12.8 Å². The number of hydrogen-bond acceptors (Lipinski definition) is 1. The van der Waals surface area contributed by atoms with Crippen molar-refractivity contribution in [2.75, 3.05) is 0 Å². The predicted molar refractivity (Wildman–Crippen MR) is 95.1 cm³/mol. The van der Waals surface area contributed by atoms with Gasteiger partial charge in [-0.25, -0.2) is 0 Å². The highest BCUT2D eigenvalue weighted by Crippen LogP contribution is 2.30. The van der Waals surface area contributed by atoms with Crippen LogP contribution >= 0.6 is 0 Å². The van der Waals surface area contributed by atoms with Gasteiger partial charge in [0, 0.05) is 12.8 Å². The van der Waals surface area contributed by atoms with Crippen LogP contribution in [-0.2, 0) is 4.74 Å². The molecular weight excluding hydrogens is 256 g/mol. The number of ether oxygens (including phenoxy) is 1. The minimum absolute atomic E-state index is 0.359. The molecule has 0 aliphatic carbocycles. The van der Waals surface area contributed by atoms with Gasteiger partial charge in [0.2, 0.25) is 0 Å². The Morgan fingerprint density at radius 1 is 0.762 bits per heavy atom. The molecule has 124 valence electrons. The summed E-state index contributed by atoms with van der Waals surface area (Å²) in [6.45, 7) is 26.3. The summed E-state index contributed by atoms with van der Waals surface area (Å²) >= 11 is 0. The molecule has 21 heavy (non-hydrogen) atoms. The van der Waals surface area contributed by atoms with Crippen molar-refractivity contribution in [1.29, 1.82) is 0 Å². The van der Waals surface area contributed by atoms with Gasteiger partial charge >= 0.3 is 0 Å². The van der Waals surface area contributed by atoms with E-state index >= 15 is 0 Å². The van der Waals surface area contributed by atoms with E-state index in [1.54, 1.807) is 0 Å². The summed E-state index contributed by atoms with van der Waals surface area (Å²) < 4.78 is 5.83. The summed E-state index contributed by atoms with van der Waals surface area (Å²) in [7, 11) is 0. The largest absolute Gasteiger partial charge is 0.467 e. The zero-order valence-corrected chi connectivity index (χ0v) is 15.8. The quantitative estimate of drug-likeness (QED) is 0.440. The fraction of sp³-hybridized carbons (Fsp3) is 0.800. The molecule has 0 radical (unpaired) electrons. The Morgan fingerprint density at radius 3 is 1.29 bits per heavy atom. The molecule has 2 atom stereocenters. The first-order chi connectivity index (χ1) is 9.28. The second-order valence-corrected chi connectivity index (χ2v) is 9.33. The zero-order chi connectivity index (χ0) is 16.8. The molecule has 0 rings (SSSR count). The second kappa shape index (κ2) is 8.06. The molecule has 2 unspecified atom stereocenters. The van der Waals surface area contributed by atoms with Crippen LogP contribution in [0, 0.1) is 22.7 Å². The minimum atomic E-state index is 0.359. The van der Waals surface area contributed by atoms with Crippen LogP contribution in [0.4, 0.5) is 0 Å². The lowest BCUT2D eigenvalue weighted by Gasteiger charge is -2.25. The molecule has 1 heteroatoms. The van der Waals surface area contributed by atoms with Crippen LogP contribution < -0.4 is 0 Å². The Bertz CT molecular complexity index is 304. The lowest BCUT2D eigenvalue weighted by atomic mass is 9.84. The summed E-state index contributed by atoms with van der Waals surface area (Å²) in [6.07, 6.45) is 4.21. The summed E-state index contributed by atoms with van der Waals surface area (Å²) in [6, 6.07) is 0.